The summed E-state index contributed by atoms with van der Waals surface area (Å²) in [5.41, 5.74) is -2.48. The number of benzene rings is 3. The summed E-state index contributed by atoms with van der Waals surface area (Å²) < 4.78 is 104. The molecule has 0 bridgehead atoms. The molecule has 0 atom stereocenters. The van der Waals surface area contributed by atoms with Crippen molar-refractivity contribution in [2.45, 2.75) is 30.3 Å². The summed E-state index contributed by atoms with van der Waals surface area (Å²) in [5.74, 6) is 0. The number of halogens is 6. The normalized spacial score (nSPS) is 12.4. The highest BCUT2D eigenvalue weighted by molar-refractivity contribution is 7.89. The average molecular weight is 533 g/mol. The van der Waals surface area contributed by atoms with Gasteiger partial charge in [0.2, 0.25) is 10.0 Å². The molecule has 0 unspecified atom stereocenters. The van der Waals surface area contributed by atoms with E-state index < -0.39 is 55.6 Å². The lowest BCUT2D eigenvalue weighted by molar-refractivity contribution is -0.384. The minimum atomic E-state index is -4.62. The first-order chi connectivity index (χ1) is 16.7. The predicted molar refractivity (Wildman–Crippen MR) is 117 cm³/mol. The first-order valence-electron chi connectivity index (χ1n) is 10.0. The fourth-order valence-corrected chi connectivity index (χ4v) is 4.19. The first-order valence-corrected chi connectivity index (χ1v) is 11.5. The minimum absolute atomic E-state index is 0.0160. The number of alkyl halides is 6. The van der Waals surface area contributed by atoms with Crippen molar-refractivity contribution in [2.75, 3.05) is 5.32 Å². The van der Waals surface area contributed by atoms with E-state index in [0.717, 1.165) is 48.5 Å². The quantitative estimate of drug-likeness (QED) is 0.219. The van der Waals surface area contributed by atoms with Gasteiger partial charge >= 0.3 is 12.4 Å². The number of hydrogen-bond donors (Lipinski definition) is 2. The molecule has 36 heavy (non-hydrogen) atoms. The van der Waals surface area contributed by atoms with Crippen LogP contribution < -0.4 is 10.0 Å². The average Bonchev–Trinajstić information content (AvgIpc) is 2.80. The Balaban J connectivity index is 1.78. The third-order valence-electron chi connectivity index (χ3n) is 4.93. The summed E-state index contributed by atoms with van der Waals surface area (Å²) in [7, 11) is -4.36. The van der Waals surface area contributed by atoms with E-state index in [4.69, 9.17) is 0 Å². The topological polar surface area (TPSA) is 101 Å². The third kappa shape index (κ3) is 6.73. The molecule has 0 amide bonds. The van der Waals surface area contributed by atoms with E-state index >= 15 is 0 Å². The van der Waals surface area contributed by atoms with E-state index in [1.54, 1.807) is 0 Å². The summed E-state index contributed by atoms with van der Waals surface area (Å²) in [5, 5.41) is 14.1. The Morgan fingerprint density at radius 3 is 1.81 bits per heavy atom. The molecule has 192 valence electrons. The number of rotatable bonds is 8. The summed E-state index contributed by atoms with van der Waals surface area (Å²) in [4.78, 5) is 10.1. The molecule has 0 heterocycles. The van der Waals surface area contributed by atoms with Crippen molar-refractivity contribution in [3.63, 3.8) is 0 Å². The van der Waals surface area contributed by atoms with Gasteiger partial charge in [0.15, 0.2) is 0 Å². The standard InChI is InChI=1S/C22H17F6N3O4S/c23-21(24,25)16-5-1-3-14(9-16)12-29-19-8-7-18(11-20(19)31(32)33)36(34,35)30-13-15-4-2-6-17(10-15)22(26,27)28/h1-11,29-30H,12-13H2. The summed E-state index contributed by atoms with van der Waals surface area (Å²) in [6.45, 7) is -0.722. The highest BCUT2D eigenvalue weighted by Crippen LogP contribution is 2.32. The van der Waals surface area contributed by atoms with Gasteiger partial charge in [-0.2, -0.15) is 26.3 Å². The fourth-order valence-electron chi connectivity index (χ4n) is 3.15. The lowest BCUT2D eigenvalue weighted by atomic mass is 10.1. The van der Waals surface area contributed by atoms with Gasteiger partial charge in [0, 0.05) is 19.2 Å². The van der Waals surface area contributed by atoms with Gasteiger partial charge in [-0.3, -0.25) is 10.1 Å². The molecule has 14 heteroatoms. The Hall–Kier alpha value is -3.65. The van der Waals surface area contributed by atoms with Crippen molar-refractivity contribution in [3.05, 3.63) is 99.1 Å². The van der Waals surface area contributed by atoms with E-state index in [0.29, 0.717) is 0 Å². The van der Waals surface area contributed by atoms with Crippen molar-refractivity contribution in [3.8, 4) is 0 Å². The van der Waals surface area contributed by atoms with Crippen LogP contribution in [0.1, 0.15) is 22.3 Å². The minimum Gasteiger partial charge on any atom is -0.375 e. The Kier molecular flexibility index (Phi) is 7.59. The second-order valence-electron chi connectivity index (χ2n) is 7.51. The number of nitro benzene ring substituents is 1. The zero-order valence-corrected chi connectivity index (χ0v) is 18.8. The molecule has 0 aliphatic rings. The van der Waals surface area contributed by atoms with Crippen LogP contribution in [-0.4, -0.2) is 13.3 Å². The Morgan fingerprint density at radius 2 is 1.31 bits per heavy atom. The molecule has 0 saturated heterocycles. The molecule has 0 aliphatic carbocycles. The van der Waals surface area contributed by atoms with Crippen molar-refractivity contribution in [1.82, 2.24) is 4.72 Å². The molecule has 0 aromatic heterocycles. The molecule has 0 aliphatic heterocycles. The van der Waals surface area contributed by atoms with Crippen LogP contribution in [0.3, 0.4) is 0 Å². The van der Waals surface area contributed by atoms with E-state index in [1.165, 1.54) is 18.2 Å². The summed E-state index contributed by atoms with van der Waals surface area (Å²) >= 11 is 0. The van der Waals surface area contributed by atoms with Crippen LogP contribution in [0.2, 0.25) is 0 Å². The molecule has 0 saturated carbocycles. The van der Waals surface area contributed by atoms with E-state index in [9.17, 15) is 44.9 Å². The highest BCUT2D eigenvalue weighted by Gasteiger charge is 2.31. The monoisotopic (exact) mass is 533 g/mol. The number of hydrogen-bond acceptors (Lipinski definition) is 5. The van der Waals surface area contributed by atoms with Gasteiger partial charge < -0.3 is 5.32 Å². The Bertz CT molecular complexity index is 1370. The molecule has 3 aromatic carbocycles. The van der Waals surface area contributed by atoms with Crippen LogP contribution in [0.4, 0.5) is 37.7 Å². The summed E-state index contributed by atoms with van der Waals surface area (Å²) in [6, 6.07) is 11.1. The molecule has 7 nitrogen and oxygen atoms in total. The molecule has 0 radical (unpaired) electrons. The van der Waals surface area contributed by atoms with Gasteiger partial charge in [-0.05, 0) is 41.5 Å². The number of nitrogens with one attached hydrogen (secondary N) is 2. The second-order valence-corrected chi connectivity index (χ2v) is 9.28. The van der Waals surface area contributed by atoms with Crippen molar-refractivity contribution >= 4 is 21.4 Å². The SMILES string of the molecule is O=[N+]([O-])c1cc(S(=O)(=O)NCc2cccc(C(F)(F)F)c2)ccc1NCc1cccc(C(F)(F)F)c1. The van der Waals surface area contributed by atoms with E-state index in [1.807, 2.05) is 0 Å². The Morgan fingerprint density at radius 1 is 0.778 bits per heavy atom. The van der Waals surface area contributed by atoms with Crippen LogP contribution in [0.5, 0.6) is 0 Å². The fraction of sp³-hybridized carbons (Fsp3) is 0.182. The maximum Gasteiger partial charge on any atom is 0.416 e. The van der Waals surface area contributed by atoms with Gasteiger partial charge in [0.25, 0.3) is 5.69 Å². The molecule has 3 aromatic rings. The Labute approximate surface area is 201 Å². The second kappa shape index (κ2) is 10.1. The lowest BCUT2D eigenvalue weighted by Gasteiger charge is -2.12. The molecule has 0 fully saturated rings. The van der Waals surface area contributed by atoms with Crippen molar-refractivity contribution in [1.29, 1.82) is 0 Å². The maximum atomic E-state index is 12.9. The van der Waals surface area contributed by atoms with Crippen LogP contribution in [0, 0.1) is 10.1 Å². The highest BCUT2D eigenvalue weighted by atomic mass is 32.2. The van der Waals surface area contributed by atoms with Crippen LogP contribution in [-0.2, 0) is 35.5 Å². The van der Waals surface area contributed by atoms with E-state index in [-0.39, 0.29) is 23.4 Å². The summed E-state index contributed by atoms with van der Waals surface area (Å²) in [6.07, 6.45) is -9.19. The molecular weight excluding hydrogens is 516 g/mol. The van der Waals surface area contributed by atoms with E-state index in [2.05, 4.69) is 10.0 Å². The van der Waals surface area contributed by atoms with Gasteiger partial charge in [-0.25, -0.2) is 13.1 Å². The van der Waals surface area contributed by atoms with Gasteiger partial charge in [-0.1, -0.05) is 30.3 Å². The molecule has 0 spiro atoms. The smallest absolute Gasteiger partial charge is 0.375 e. The van der Waals surface area contributed by atoms with Crippen molar-refractivity contribution < 1.29 is 39.7 Å². The van der Waals surface area contributed by atoms with Gasteiger partial charge in [0.05, 0.1) is 20.9 Å². The van der Waals surface area contributed by atoms with Gasteiger partial charge in [-0.15, -0.1) is 0 Å². The first kappa shape index (κ1) is 26.9. The number of anilines is 1. The lowest BCUT2D eigenvalue weighted by Crippen LogP contribution is -2.23. The zero-order chi connectivity index (χ0) is 26.7. The number of nitrogens with zero attached hydrogens (tertiary/aromatic N) is 1. The maximum absolute atomic E-state index is 12.9. The van der Waals surface area contributed by atoms with Crippen LogP contribution in [0.15, 0.2) is 71.6 Å². The van der Waals surface area contributed by atoms with Crippen LogP contribution in [0.25, 0.3) is 0 Å². The molecule has 3 rings (SSSR count). The number of sulfonamides is 1. The molecular formula is C22H17F6N3O4S. The molecule has 2 N–H and O–H groups in total. The van der Waals surface area contributed by atoms with Crippen LogP contribution >= 0.6 is 0 Å². The largest absolute Gasteiger partial charge is 0.416 e. The predicted octanol–water partition coefficient (Wildman–Crippen LogP) is 5.72. The third-order valence-corrected chi connectivity index (χ3v) is 6.33. The van der Waals surface area contributed by atoms with Gasteiger partial charge in [0.1, 0.15) is 5.69 Å². The number of nitro groups is 1. The zero-order valence-electron chi connectivity index (χ0n) is 18.0. The van der Waals surface area contributed by atoms with Crippen molar-refractivity contribution in [2.24, 2.45) is 0 Å².